The molecule has 10 heteroatoms. The molecule has 184 valence electrons. The molecular formula is C24H31N3O7. The number of carbonyl (C=O) groups is 3. The highest BCUT2D eigenvalue weighted by atomic mass is 16.6. The summed E-state index contributed by atoms with van der Waals surface area (Å²) in [5.74, 6) is 0.157. The first-order valence-electron chi connectivity index (χ1n) is 11.0. The lowest BCUT2D eigenvalue weighted by molar-refractivity contribution is 0.0386. The number of methoxy groups -OCH3 is 3. The monoisotopic (exact) mass is 473 g/mol. The molecule has 1 saturated heterocycles. The second-order valence-corrected chi connectivity index (χ2v) is 7.90. The molecule has 1 aromatic heterocycles. The molecule has 1 N–H and O–H groups in total. The minimum absolute atomic E-state index is 0.137. The van der Waals surface area contributed by atoms with E-state index in [1.165, 1.54) is 14.2 Å². The smallest absolute Gasteiger partial charge is 0.340 e. The number of rotatable bonds is 8. The van der Waals surface area contributed by atoms with Crippen molar-refractivity contribution in [2.45, 2.75) is 13.8 Å². The predicted molar refractivity (Wildman–Crippen MR) is 124 cm³/mol. The highest BCUT2D eigenvalue weighted by Gasteiger charge is 2.30. The number of carbonyl (C=O) groups excluding carboxylic acids is 3. The molecule has 0 aliphatic carbocycles. The molecule has 0 radical (unpaired) electrons. The van der Waals surface area contributed by atoms with E-state index in [9.17, 15) is 14.4 Å². The van der Waals surface area contributed by atoms with Crippen LogP contribution in [0.5, 0.6) is 11.5 Å². The van der Waals surface area contributed by atoms with Gasteiger partial charge in [0.25, 0.3) is 11.8 Å². The summed E-state index contributed by atoms with van der Waals surface area (Å²) >= 11 is 0. The van der Waals surface area contributed by atoms with Crippen LogP contribution in [0.4, 0.5) is 0 Å². The molecule has 34 heavy (non-hydrogen) atoms. The summed E-state index contributed by atoms with van der Waals surface area (Å²) in [7, 11) is 4.58. The molecule has 0 unspecified atom stereocenters. The van der Waals surface area contributed by atoms with Gasteiger partial charge in [-0.2, -0.15) is 0 Å². The molecule has 3 rings (SSSR count). The van der Waals surface area contributed by atoms with Gasteiger partial charge < -0.3 is 33.7 Å². The van der Waals surface area contributed by atoms with E-state index in [0.717, 1.165) is 0 Å². The Kier molecular flexibility index (Phi) is 8.17. The molecule has 0 bridgehead atoms. The standard InChI is InChI=1S/C24H31N3O7/c1-15-20(24(30)34-13-12-31-3)16(2)25-21(15)23(29)27-10-8-26(9-11-27)22(28)18-7-6-17(32-4)14-19(18)33-5/h6-7,14,25H,8-13H2,1-5H3. The number of nitrogens with one attached hydrogen (secondary N) is 1. The molecule has 1 aliphatic heterocycles. The molecule has 0 saturated carbocycles. The van der Waals surface area contributed by atoms with Crippen LogP contribution in [0.25, 0.3) is 0 Å². The number of amides is 2. The van der Waals surface area contributed by atoms with Gasteiger partial charge in [-0.05, 0) is 31.5 Å². The Bertz CT molecular complexity index is 1060. The molecule has 0 atom stereocenters. The van der Waals surface area contributed by atoms with Gasteiger partial charge in [-0.3, -0.25) is 9.59 Å². The van der Waals surface area contributed by atoms with Gasteiger partial charge >= 0.3 is 5.97 Å². The fourth-order valence-electron chi connectivity index (χ4n) is 3.98. The Hall–Kier alpha value is -3.53. The number of hydrogen-bond acceptors (Lipinski definition) is 7. The van der Waals surface area contributed by atoms with Gasteiger partial charge in [-0.15, -0.1) is 0 Å². The Morgan fingerprint density at radius 1 is 0.912 bits per heavy atom. The first kappa shape index (κ1) is 25.1. The largest absolute Gasteiger partial charge is 0.497 e. The van der Waals surface area contributed by atoms with Gasteiger partial charge in [-0.1, -0.05) is 0 Å². The average Bonchev–Trinajstić information content (AvgIpc) is 3.16. The van der Waals surface area contributed by atoms with Crippen molar-refractivity contribution in [2.75, 3.05) is 60.7 Å². The summed E-state index contributed by atoms with van der Waals surface area (Å²) in [6, 6.07) is 5.06. The summed E-state index contributed by atoms with van der Waals surface area (Å²) in [5, 5.41) is 0. The van der Waals surface area contributed by atoms with Crippen LogP contribution in [-0.2, 0) is 9.47 Å². The molecule has 2 aromatic rings. The highest BCUT2D eigenvalue weighted by Crippen LogP contribution is 2.26. The molecule has 1 fully saturated rings. The van der Waals surface area contributed by atoms with Gasteiger partial charge in [0.2, 0.25) is 0 Å². The maximum atomic E-state index is 13.2. The van der Waals surface area contributed by atoms with Crippen LogP contribution in [0.1, 0.15) is 42.5 Å². The number of aromatic amines is 1. The molecule has 2 heterocycles. The first-order chi connectivity index (χ1) is 16.3. The number of benzene rings is 1. The molecule has 10 nitrogen and oxygen atoms in total. The fourth-order valence-corrected chi connectivity index (χ4v) is 3.98. The van der Waals surface area contributed by atoms with Crippen LogP contribution >= 0.6 is 0 Å². The van der Waals surface area contributed by atoms with Crippen molar-refractivity contribution in [3.05, 3.63) is 46.3 Å². The van der Waals surface area contributed by atoms with E-state index in [2.05, 4.69) is 4.98 Å². The first-order valence-corrected chi connectivity index (χ1v) is 11.0. The number of hydrogen-bond donors (Lipinski definition) is 1. The Morgan fingerprint density at radius 2 is 1.56 bits per heavy atom. The van der Waals surface area contributed by atoms with Crippen molar-refractivity contribution in [3.8, 4) is 11.5 Å². The third-order valence-corrected chi connectivity index (χ3v) is 5.87. The van der Waals surface area contributed by atoms with E-state index in [0.29, 0.717) is 72.4 Å². The van der Waals surface area contributed by atoms with Crippen LogP contribution < -0.4 is 9.47 Å². The molecule has 1 aliphatic rings. The zero-order valence-electron chi connectivity index (χ0n) is 20.2. The summed E-state index contributed by atoms with van der Waals surface area (Å²) in [6.07, 6.45) is 0. The van der Waals surface area contributed by atoms with Gasteiger partial charge in [0.15, 0.2) is 0 Å². The summed E-state index contributed by atoms with van der Waals surface area (Å²) < 4.78 is 20.7. The summed E-state index contributed by atoms with van der Waals surface area (Å²) in [4.78, 5) is 45.1. The predicted octanol–water partition coefficient (Wildman–Crippen LogP) is 2.05. The number of esters is 1. The zero-order valence-corrected chi connectivity index (χ0v) is 20.2. The second kappa shape index (κ2) is 11.1. The average molecular weight is 474 g/mol. The molecule has 0 spiro atoms. The lowest BCUT2D eigenvalue weighted by Gasteiger charge is -2.35. The number of aromatic nitrogens is 1. The second-order valence-electron chi connectivity index (χ2n) is 7.90. The number of aryl methyl sites for hydroxylation is 1. The Morgan fingerprint density at radius 3 is 2.15 bits per heavy atom. The van der Waals surface area contributed by atoms with Crippen LogP contribution in [0, 0.1) is 13.8 Å². The minimum Gasteiger partial charge on any atom is -0.497 e. The van der Waals surface area contributed by atoms with Gasteiger partial charge in [0.05, 0.1) is 32.0 Å². The van der Waals surface area contributed by atoms with E-state index in [4.69, 9.17) is 18.9 Å². The van der Waals surface area contributed by atoms with Crippen LogP contribution in [0.3, 0.4) is 0 Å². The topological polar surface area (TPSA) is 110 Å². The number of nitrogens with zero attached hydrogens (tertiary/aromatic N) is 2. The SMILES string of the molecule is COCCOC(=O)c1c(C)[nH]c(C(=O)N2CCN(C(=O)c3ccc(OC)cc3OC)CC2)c1C. The zero-order chi connectivity index (χ0) is 24.8. The summed E-state index contributed by atoms with van der Waals surface area (Å²) in [5.41, 5.74) is 2.28. The highest BCUT2D eigenvalue weighted by molar-refractivity contribution is 6.01. The number of piperazine rings is 1. The summed E-state index contributed by atoms with van der Waals surface area (Å²) in [6.45, 7) is 5.38. The van der Waals surface area contributed by atoms with Gasteiger partial charge in [0.1, 0.15) is 23.8 Å². The normalized spacial score (nSPS) is 13.6. The Labute approximate surface area is 198 Å². The van der Waals surface area contributed by atoms with Crippen molar-refractivity contribution < 1.29 is 33.3 Å². The molecular weight excluding hydrogens is 442 g/mol. The van der Waals surface area contributed by atoms with Gasteiger partial charge in [-0.25, -0.2) is 4.79 Å². The minimum atomic E-state index is -0.494. The Balaban J connectivity index is 1.67. The van der Waals surface area contributed by atoms with Crippen molar-refractivity contribution in [2.24, 2.45) is 0 Å². The lowest BCUT2D eigenvalue weighted by Crippen LogP contribution is -2.50. The van der Waals surface area contributed by atoms with E-state index in [-0.39, 0.29) is 18.4 Å². The van der Waals surface area contributed by atoms with Crippen LogP contribution in [0.2, 0.25) is 0 Å². The van der Waals surface area contributed by atoms with E-state index in [1.54, 1.807) is 49.0 Å². The maximum Gasteiger partial charge on any atom is 0.340 e. The molecule has 2 amide bonds. The van der Waals surface area contributed by atoms with Crippen LogP contribution in [-0.4, -0.2) is 93.3 Å². The fraction of sp³-hybridized carbons (Fsp3) is 0.458. The molecule has 1 aromatic carbocycles. The third kappa shape index (κ3) is 5.17. The van der Waals surface area contributed by atoms with Crippen molar-refractivity contribution in [1.29, 1.82) is 0 Å². The van der Waals surface area contributed by atoms with E-state index in [1.807, 2.05) is 0 Å². The van der Waals surface area contributed by atoms with Crippen molar-refractivity contribution in [1.82, 2.24) is 14.8 Å². The van der Waals surface area contributed by atoms with Crippen molar-refractivity contribution >= 4 is 17.8 Å². The van der Waals surface area contributed by atoms with Crippen molar-refractivity contribution in [3.63, 3.8) is 0 Å². The quantitative estimate of drug-likeness (QED) is 0.461. The number of ether oxygens (including phenoxy) is 4. The third-order valence-electron chi connectivity index (χ3n) is 5.87. The maximum absolute atomic E-state index is 13.2. The number of H-pyrrole nitrogens is 1. The van der Waals surface area contributed by atoms with Gasteiger partial charge in [0, 0.05) is 45.0 Å². The van der Waals surface area contributed by atoms with E-state index < -0.39 is 5.97 Å². The van der Waals surface area contributed by atoms with E-state index >= 15 is 0 Å². The lowest BCUT2D eigenvalue weighted by atomic mass is 10.1. The van der Waals surface area contributed by atoms with Crippen LogP contribution in [0.15, 0.2) is 18.2 Å².